The lowest BCUT2D eigenvalue weighted by Gasteiger charge is -2.21. The molecule has 6 heteroatoms. The van der Waals surface area contributed by atoms with E-state index in [9.17, 15) is 4.79 Å². The largest absolute Gasteiger partial charge is 0.471 e. The van der Waals surface area contributed by atoms with E-state index in [1.54, 1.807) is 6.07 Å². The second-order valence-electron chi connectivity index (χ2n) is 6.33. The lowest BCUT2D eigenvalue weighted by atomic mass is 9.89. The maximum atomic E-state index is 12.2. The van der Waals surface area contributed by atoms with E-state index < -0.39 is 0 Å². The number of amides is 1. The smallest absolute Gasteiger partial charge is 0.252 e. The molecule has 23 heavy (non-hydrogen) atoms. The molecule has 2 fully saturated rings. The van der Waals surface area contributed by atoms with Crippen molar-refractivity contribution in [3.63, 3.8) is 0 Å². The zero-order chi connectivity index (χ0) is 16.1. The van der Waals surface area contributed by atoms with E-state index in [1.807, 2.05) is 0 Å². The Kier molecular flexibility index (Phi) is 5.73. The summed E-state index contributed by atoms with van der Waals surface area (Å²) in [7, 11) is 0. The van der Waals surface area contributed by atoms with Crippen molar-refractivity contribution in [3.8, 4) is 5.88 Å². The summed E-state index contributed by atoms with van der Waals surface area (Å²) in [5, 5.41) is 3.35. The first-order valence-corrected chi connectivity index (χ1v) is 8.78. The predicted octanol–water partition coefficient (Wildman–Crippen LogP) is 3.21. The van der Waals surface area contributed by atoms with Gasteiger partial charge in [0.05, 0.1) is 18.8 Å². The lowest BCUT2D eigenvalue weighted by Crippen LogP contribution is -2.30. The van der Waals surface area contributed by atoms with Crippen LogP contribution in [0.5, 0.6) is 5.88 Å². The molecule has 1 aliphatic carbocycles. The number of nitrogens with zero attached hydrogens (tertiary/aromatic N) is 1. The molecule has 1 atom stereocenters. The van der Waals surface area contributed by atoms with Gasteiger partial charge in [0.25, 0.3) is 5.91 Å². The fourth-order valence-electron chi connectivity index (χ4n) is 3.13. The molecule has 1 N–H and O–H groups in total. The Balaban J connectivity index is 1.54. The number of nitrogens with one attached hydrogen (secondary N) is 1. The van der Waals surface area contributed by atoms with E-state index in [0.29, 0.717) is 35.6 Å². The highest BCUT2D eigenvalue weighted by Crippen LogP contribution is 2.26. The number of ether oxygens (including phenoxy) is 2. The van der Waals surface area contributed by atoms with Crippen LogP contribution in [0, 0.1) is 5.92 Å². The van der Waals surface area contributed by atoms with Gasteiger partial charge < -0.3 is 14.8 Å². The van der Waals surface area contributed by atoms with Gasteiger partial charge in [-0.25, -0.2) is 4.98 Å². The molecule has 2 heterocycles. The van der Waals surface area contributed by atoms with E-state index in [1.165, 1.54) is 38.3 Å². The van der Waals surface area contributed by atoms with Crippen LogP contribution >= 0.6 is 11.6 Å². The molecule has 0 radical (unpaired) electrons. The van der Waals surface area contributed by atoms with Crippen molar-refractivity contribution in [1.82, 2.24) is 10.3 Å². The SMILES string of the molecule is O=C(NCC1CCCCC1)c1cnc(OC2CCOC2)c(Cl)c1. The third-order valence-electron chi connectivity index (χ3n) is 4.51. The number of hydrogen-bond donors (Lipinski definition) is 1. The minimum Gasteiger partial charge on any atom is -0.471 e. The van der Waals surface area contributed by atoms with Crippen LogP contribution in [0.2, 0.25) is 5.02 Å². The Hall–Kier alpha value is -1.33. The molecule has 126 valence electrons. The molecule has 3 rings (SSSR count). The van der Waals surface area contributed by atoms with Crippen LogP contribution in [0.15, 0.2) is 12.3 Å². The molecule has 1 aromatic rings. The highest BCUT2D eigenvalue weighted by atomic mass is 35.5. The summed E-state index contributed by atoms with van der Waals surface area (Å²) >= 11 is 6.19. The zero-order valence-corrected chi connectivity index (χ0v) is 14.0. The molecule has 5 nitrogen and oxygen atoms in total. The highest BCUT2D eigenvalue weighted by molar-refractivity contribution is 6.32. The lowest BCUT2D eigenvalue weighted by molar-refractivity contribution is 0.0943. The van der Waals surface area contributed by atoms with Crippen molar-refractivity contribution in [1.29, 1.82) is 0 Å². The van der Waals surface area contributed by atoms with E-state index in [2.05, 4.69) is 10.3 Å². The quantitative estimate of drug-likeness (QED) is 0.895. The van der Waals surface area contributed by atoms with Gasteiger partial charge in [-0.1, -0.05) is 30.9 Å². The predicted molar refractivity (Wildman–Crippen MR) is 88.0 cm³/mol. The van der Waals surface area contributed by atoms with Crippen LogP contribution in [0.4, 0.5) is 0 Å². The summed E-state index contributed by atoms with van der Waals surface area (Å²) in [6.45, 7) is 1.99. The van der Waals surface area contributed by atoms with Gasteiger partial charge in [-0.3, -0.25) is 4.79 Å². The topological polar surface area (TPSA) is 60.5 Å². The van der Waals surface area contributed by atoms with E-state index >= 15 is 0 Å². The van der Waals surface area contributed by atoms with Crippen molar-refractivity contribution in [3.05, 3.63) is 22.8 Å². The Labute approximate surface area is 141 Å². The molecule has 0 aromatic carbocycles. The minimum atomic E-state index is -0.124. The number of hydrogen-bond acceptors (Lipinski definition) is 4. The molecule has 1 aliphatic heterocycles. The number of pyridine rings is 1. The summed E-state index contributed by atoms with van der Waals surface area (Å²) in [4.78, 5) is 16.4. The van der Waals surface area contributed by atoms with Gasteiger partial charge >= 0.3 is 0 Å². The fourth-order valence-corrected chi connectivity index (χ4v) is 3.34. The maximum absolute atomic E-state index is 12.2. The first kappa shape index (κ1) is 16.5. The molecule has 1 amide bonds. The molecule has 0 spiro atoms. The molecule has 1 saturated carbocycles. The fraction of sp³-hybridized carbons (Fsp3) is 0.647. The van der Waals surface area contributed by atoms with Gasteiger partial charge in [0.1, 0.15) is 11.1 Å². The number of carbonyl (C=O) groups is 1. The summed E-state index contributed by atoms with van der Waals surface area (Å²) in [6, 6.07) is 1.62. The average molecular weight is 339 g/mol. The Morgan fingerprint density at radius 1 is 1.35 bits per heavy atom. The Morgan fingerprint density at radius 3 is 2.87 bits per heavy atom. The first-order chi connectivity index (χ1) is 11.2. The summed E-state index contributed by atoms with van der Waals surface area (Å²) < 4.78 is 11.0. The molecule has 1 unspecified atom stereocenters. The van der Waals surface area contributed by atoms with Crippen LogP contribution in [-0.4, -0.2) is 36.8 Å². The molecular formula is C17H23ClN2O3. The summed E-state index contributed by atoms with van der Waals surface area (Å²) in [5.74, 6) is 0.841. The van der Waals surface area contributed by atoms with Crippen molar-refractivity contribution in [2.45, 2.75) is 44.6 Å². The first-order valence-electron chi connectivity index (χ1n) is 8.40. The zero-order valence-electron chi connectivity index (χ0n) is 13.2. The van der Waals surface area contributed by atoms with Crippen LogP contribution in [0.3, 0.4) is 0 Å². The number of rotatable bonds is 5. The van der Waals surface area contributed by atoms with Gasteiger partial charge in [-0.2, -0.15) is 0 Å². The third-order valence-corrected chi connectivity index (χ3v) is 4.78. The van der Waals surface area contributed by atoms with Crippen LogP contribution in [-0.2, 0) is 4.74 Å². The van der Waals surface area contributed by atoms with Crippen LogP contribution < -0.4 is 10.1 Å². The van der Waals surface area contributed by atoms with E-state index in [0.717, 1.165) is 13.0 Å². The Bertz CT molecular complexity index is 541. The second kappa shape index (κ2) is 7.97. The van der Waals surface area contributed by atoms with Crippen molar-refractivity contribution in [2.24, 2.45) is 5.92 Å². The molecule has 1 aromatic heterocycles. The average Bonchev–Trinajstić information content (AvgIpc) is 3.08. The van der Waals surface area contributed by atoms with Crippen LogP contribution in [0.25, 0.3) is 0 Å². The molecule has 2 aliphatic rings. The van der Waals surface area contributed by atoms with Gasteiger partial charge in [-0.15, -0.1) is 0 Å². The highest BCUT2D eigenvalue weighted by Gasteiger charge is 2.20. The van der Waals surface area contributed by atoms with Gasteiger partial charge in [0, 0.05) is 19.2 Å². The van der Waals surface area contributed by atoms with Gasteiger partial charge in [0.15, 0.2) is 0 Å². The van der Waals surface area contributed by atoms with Crippen molar-refractivity contribution >= 4 is 17.5 Å². The van der Waals surface area contributed by atoms with Gasteiger partial charge in [0.2, 0.25) is 5.88 Å². The van der Waals surface area contributed by atoms with E-state index in [4.69, 9.17) is 21.1 Å². The van der Waals surface area contributed by atoms with E-state index in [-0.39, 0.29) is 12.0 Å². The third kappa shape index (κ3) is 4.58. The van der Waals surface area contributed by atoms with Gasteiger partial charge in [-0.05, 0) is 24.8 Å². The summed E-state index contributed by atoms with van der Waals surface area (Å²) in [5.41, 5.74) is 0.473. The molecule has 1 saturated heterocycles. The number of halogens is 1. The second-order valence-corrected chi connectivity index (χ2v) is 6.74. The minimum absolute atomic E-state index is 0.00835. The molecule has 0 bridgehead atoms. The molecular weight excluding hydrogens is 316 g/mol. The normalized spacial score (nSPS) is 22.0. The number of carbonyl (C=O) groups excluding carboxylic acids is 1. The van der Waals surface area contributed by atoms with Crippen LogP contribution in [0.1, 0.15) is 48.9 Å². The number of aromatic nitrogens is 1. The standard InChI is InChI=1S/C17H23ClN2O3/c18-15-8-13(10-20-17(15)23-14-6-7-22-11-14)16(21)19-9-12-4-2-1-3-5-12/h8,10,12,14H,1-7,9,11H2,(H,19,21). The Morgan fingerprint density at radius 2 is 2.17 bits per heavy atom. The monoisotopic (exact) mass is 338 g/mol. The van der Waals surface area contributed by atoms with Crippen molar-refractivity contribution < 1.29 is 14.3 Å². The van der Waals surface area contributed by atoms with Crippen molar-refractivity contribution in [2.75, 3.05) is 19.8 Å². The maximum Gasteiger partial charge on any atom is 0.252 e. The summed E-state index contributed by atoms with van der Waals surface area (Å²) in [6.07, 6.45) is 8.61.